The van der Waals surface area contributed by atoms with Crippen molar-refractivity contribution in [3.8, 4) is 0 Å². The van der Waals surface area contributed by atoms with Crippen molar-refractivity contribution in [1.29, 1.82) is 0 Å². The average Bonchev–Trinajstić information content (AvgIpc) is 3.16. The summed E-state index contributed by atoms with van der Waals surface area (Å²) < 4.78 is 24.2. The highest BCUT2D eigenvalue weighted by Gasteiger charge is 2.30. The minimum Gasteiger partial charge on any atom is -0.369 e. The van der Waals surface area contributed by atoms with Crippen molar-refractivity contribution in [2.45, 2.75) is 24.3 Å². The van der Waals surface area contributed by atoms with E-state index in [2.05, 4.69) is 22.0 Å². The molecule has 0 spiro atoms. The summed E-state index contributed by atoms with van der Waals surface area (Å²) in [6, 6.07) is 5.31. The zero-order chi connectivity index (χ0) is 16.6. The molecule has 5 nitrogen and oxygen atoms in total. The standard InChI is InChI=1S/C17H22N2O3S/c1-13(20)14-5-6-17(23(2,21)22)16(11-14)19-10-7-15(12-19)18-8-3-4-9-18/h3-6,11,15H,7-10,12H2,1-2H3/t15-/m1/s1. The molecule has 124 valence electrons. The van der Waals surface area contributed by atoms with E-state index in [0.717, 1.165) is 32.6 Å². The van der Waals surface area contributed by atoms with Gasteiger partial charge in [-0.15, -0.1) is 0 Å². The predicted octanol–water partition coefficient (Wildman–Crippen LogP) is 1.74. The van der Waals surface area contributed by atoms with Gasteiger partial charge in [-0.2, -0.15) is 0 Å². The highest BCUT2D eigenvalue weighted by molar-refractivity contribution is 7.90. The molecule has 0 unspecified atom stereocenters. The van der Waals surface area contributed by atoms with E-state index < -0.39 is 9.84 Å². The van der Waals surface area contributed by atoms with Crippen molar-refractivity contribution >= 4 is 21.3 Å². The van der Waals surface area contributed by atoms with Crippen LogP contribution in [0.25, 0.3) is 0 Å². The highest BCUT2D eigenvalue weighted by Crippen LogP contribution is 2.31. The van der Waals surface area contributed by atoms with Crippen LogP contribution in [0.2, 0.25) is 0 Å². The zero-order valence-electron chi connectivity index (χ0n) is 13.5. The fourth-order valence-electron chi connectivity index (χ4n) is 3.35. The summed E-state index contributed by atoms with van der Waals surface area (Å²) in [5, 5.41) is 0. The van der Waals surface area contributed by atoms with Gasteiger partial charge in [-0.25, -0.2) is 8.42 Å². The summed E-state index contributed by atoms with van der Waals surface area (Å²) in [6.45, 7) is 5.04. The van der Waals surface area contributed by atoms with E-state index in [1.807, 2.05) is 0 Å². The van der Waals surface area contributed by atoms with Crippen LogP contribution in [0, 0.1) is 0 Å². The van der Waals surface area contributed by atoms with Crippen LogP contribution in [0.3, 0.4) is 0 Å². The van der Waals surface area contributed by atoms with Crippen LogP contribution < -0.4 is 4.90 Å². The van der Waals surface area contributed by atoms with Crippen LogP contribution in [0.5, 0.6) is 0 Å². The van der Waals surface area contributed by atoms with Gasteiger partial charge in [0.25, 0.3) is 0 Å². The van der Waals surface area contributed by atoms with Crippen LogP contribution in [-0.2, 0) is 9.84 Å². The smallest absolute Gasteiger partial charge is 0.177 e. The van der Waals surface area contributed by atoms with Crippen LogP contribution >= 0.6 is 0 Å². The molecule has 6 heteroatoms. The summed E-state index contributed by atoms with van der Waals surface area (Å²) in [4.78, 5) is 16.5. The first kappa shape index (κ1) is 16.2. The molecule has 0 N–H and O–H groups in total. The lowest BCUT2D eigenvalue weighted by molar-refractivity contribution is 0.101. The third-order valence-electron chi connectivity index (χ3n) is 4.63. The summed E-state index contributed by atoms with van der Waals surface area (Å²) in [5.74, 6) is -0.0502. The Hall–Kier alpha value is -1.66. The fourth-order valence-corrected chi connectivity index (χ4v) is 4.23. The van der Waals surface area contributed by atoms with Gasteiger partial charge in [0.2, 0.25) is 0 Å². The Morgan fingerprint density at radius 2 is 1.91 bits per heavy atom. The molecule has 23 heavy (non-hydrogen) atoms. The second-order valence-corrected chi connectivity index (χ2v) is 8.31. The minimum atomic E-state index is -3.33. The van der Waals surface area contributed by atoms with Crippen molar-refractivity contribution in [1.82, 2.24) is 4.90 Å². The molecule has 1 aromatic rings. The number of rotatable bonds is 4. The Morgan fingerprint density at radius 3 is 2.52 bits per heavy atom. The summed E-state index contributed by atoms with van der Waals surface area (Å²) in [7, 11) is -3.33. The van der Waals surface area contributed by atoms with Gasteiger partial charge in [-0.05, 0) is 31.5 Å². The molecule has 1 fully saturated rings. The molecule has 1 atom stereocenters. The molecular weight excluding hydrogens is 312 g/mol. The minimum absolute atomic E-state index is 0.0502. The number of Topliss-reactive ketones (excluding diaryl/α,β-unsaturated/α-hetero) is 1. The molecule has 3 rings (SSSR count). The first-order valence-electron chi connectivity index (χ1n) is 7.85. The SMILES string of the molecule is CC(=O)c1ccc(S(C)(=O)=O)c(N2CC[C@@H](N3CC=CC3)C2)c1. The molecule has 0 amide bonds. The van der Waals surface area contributed by atoms with Crippen molar-refractivity contribution < 1.29 is 13.2 Å². The van der Waals surface area contributed by atoms with Crippen LogP contribution in [-0.4, -0.2) is 57.6 Å². The molecule has 0 radical (unpaired) electrons. The molecule has 2 heterocycles. The van der Waals surface area contributed by atoms with Gasteiger partial charge >= 0.3 is 0 Å². The van der Waals surface area contributed by atoms with Gasteiger partial charge in [0.1, 0.15) is 0 Å². The van der Waals surface area contributed by atoms with E-state index in [-0.39, 0.29) is 5.78 Å². The number of nitrogens with zero attached hydrogens (tertiary/aromatic N) is 2. The highest BCUT2D eigenvalue weighted by atomic mass is 32.2. The number of carbonyl (C=O) groups excluding carboxylic acids is 1. The van der Waals surface area contributed by atoms with E-state index in [9.17, 15) is 13.2 Å². The summed E-state index contributed by atoms with van der Waals surface area (Å²) in [6.07, 6.45) is 6.56. The Kier molecular flexibility index (Phi) is 4.29. The van der Waals surface area contributed by atoms with Gasteiger partial charge in [0.15, 0.2) is 15.6 Å². The lowest BCUT2D eigenvalue weighted by atomic mass is 10.1. The quantitative estimate of drug-likeness (QED) is 0.620. The van der Waals surface area contributed by atoms with Gasteiger partial charge in [-0.3, -0.25) is 9.69 Å². The predicted molar refractivity (Wildman–Crippen MR) is 90.9 cm³/mol. The number of carbonyl (C=O) groups is 1. The summed E-state index contributed by atoms with van der Waals surface area (Å²) in [5.41, 5.74) is 1.22. The monoisotopic (exact) mass is 334 g/mol. The van der Waals surface area contributed by atoms with Crippen molar-refractivity contribution in [2.24, 2.45) is 0 Å². The van der Waals surface area contributed by atoms with Crippen LogP contribution in [0.4, 0.5) is 5.69 Å². The Morgan fingerprint density at radius 1 is 1.22 bits per heavy atom. The summed E-state index contributed by atoms with van der Waals surface area (Å²) >= 11 is 0. The van der Waals surface area contributed by atoms with Crippen molar-refractivity contribution in [3.05, 3.63) is 35.9 Å². The maximum absolute atomic E-state index is 12.1. The van der Waals surface area contributed by atoms with Gasteiger partial charge in [-0.1, -0.05) is 12.2 Å². The maximum atomic E-state index is 12.1. The maximum Gasteiger partial charge on any atom is 0.177 e. The Bertz CT molecular complexity index is 747. The second kappa shape index (κ2) is 6.09. The third-order valence-corrected chi connectivity index (χ3v) is 5.78. The number of hydrogen-bond donors (Lipinski definition) is 0. The largest absolute Gasteiger partial charge is 0.369 e. The molecule has 1 saturated heterocycles. The van der Waals surface area contributed by atoms with Crippen LogP contribution in [0.15, 0.2) is 35.2 Å². The van der Waals surface area contributed by atoms with Crippen LogP contribution in [0.1, 0.15) is 23.7 Å². The first-order valence-corrected chi connectivity index (χ1v) is 9.74. The second-order valence-electron chi connectivity index (χ2n) is 6.32. The number of benzene rings is 1. The van der Waals surface area contributed by atoms with E-state index >= 15 is 0 Å². The number of anilines is 1. The molecule has 0 saturated carbocycles. The van der Waals surface area contributed by atoms with E-state index in [0.29, 0.717) is 22.2 Å². The molecule has 2 aliphatic heterocycles. The number of hydrogen-bond acceptors (Lipinski definition) is 5. The molecule has 1 aromatic carbocycles. The molecule has 2 aliphatic rings. The first-order chi connectivity index (χ1) is 10.9. The zero-order valence-corrected chi connectivity index (χ0v) is 14.3. The number of ketones is 1. The normalized spacial score (nSPS) is 22.0. The van der Waals surface area contributed by atoms with Crippen molar-refractivity contribution in [3.63, 3.8) is 0 Å². The Balaban J connectivity index is 1.91. The molecule has 0 bridgehead atoms. The van der Waals surface area contributed by atoms with E-state index in [4.69, 9.17) is 0 Å². The topological polar surface area (TPSA) is 57.7 Å². The van der Waals surface area contributed by atoms with Gasteiger partial charge in [0, 0.05) is 44.0 Å². The van der Waals surface area contributed by atoms with Crippen molar-refractivity contribution in [2.75, 3.05) is 37.3 Å². The van der Waals surface area contributed by atoms with Gasteiger partial charge < -0.3 is 4.90 Å². The fraction of sp³-hybridized carbons (Fsp3) is 0.471. The van der Waals surface area contributed by atoms with E-state index in [1.54, 1.807) is 18.2 Å². The molecule has 0 aromatic heterocycles. The molecule has 0 aliphatic carbocycles. The average molecular weight is 334 g/mol. The lowest BCUT2D eigenvalue weighted by Gasteiger charge is -2.25. The Labute approximate surface area is 137 Å². The lowest BCUT2D eigenvalue weighted by Crippen LogP contribution is -2.36. The number of sulfone groups is 1. The third kappa shape index (κ3) is 3.33. The van der Waals surface area contributed by atoms with E-state index in [1.165, 1.54) is 13.2 Å². The molecular formula is C17H22N2O3S. The van der Waals surface area contributed by atoms with Gasteiger partial charge in [0.05, 0.1) is 10.6 Å².